The van der Waals surface area contributed by atoms with E-state index in [4.69, 9.17) is 14.2 Å². The first-order valence-electron chi connectivity index (χ1n) is 30.4. The van der Waals surface area contributed by atoms with Gasteiger partial charge in [0.1, 0.15) is 18.3 Å². The second-order valence-electron chi connectivity index (χ2n) is 24.0. The van der Waals surface area contributed by atoms with Gasteiger partial charge in [-0.15, -0.1) is 0 Å². The van der Waals surface area contributed by atoms with Gasteiger partial charge in [0.25, 0.3) is 0 Å². The van der Waals surface area contributed by atoms with Crippen molar-refractivity contribution in [1.29, 1.82) is 0 Å². The maximum absolute atomic E-state index is 13.2. The Morgan fingerprint density at radius 1 is 0.309 bits per heavy atom. The molecule has 6 aromatic carbocycles. The van der Waals surface area contributed by atoms with E-state index >= 15 is 0 Å². The van der Waals surface area contributed by atoms with E-state index in [9.17, 15) is 14.4 Å². The zero-order chi connectivity index (χ0) is 54.7. The maximum atomic E-state index is 13.2. The summed E-state index contributed by atoms with van der Waals surface area (Å²) in [6.07, 6.45) is 9.27. The van der Waals surface area contributed by atoms with Crippen molar-refractivity contribution in [1.82, 2.24) is 29.4 Å². The van der Waals surface area contributed by atoms with Crippen LogP contribution >= 0.6 is 0 Å². The Balaban J connectivity index is 0.000000114. The van der Waals surface area contributed by atoms with Gasteiger partial charge in [-0.3, -0.25) is 29.4 Å². The molecule has 81 heavy (non-hydrogen) atoms. The highest BCUT2D eigenvalue weighted by Gasteiger charge is 2.43. The zero-order valence-corrected chi connectivity index (χ0v) is 46.8. The summed E-state index contributed by atoms with van der Waals surface area (Å²) >= 11 is 0. The molecule has 12 nitrogen and oxygen atoms in total. The van der Waals surface area contributed by atoms with Gasteiger partial charge >= 0.3 is 18.3 Å². The molecule has 9 fully saturated rings. The number of benzene rings is 6. The predicted molar refractivity (Wildman–Crippen MR) is 314 cm³/mol. The third-order valence-corrected chi connectivity index (χ3v) is 19.4. The number of rotatable bonds is 6. The molecule has 12 heterocycles. The molecule has 6 atom stereocenters. The number of fused-ring (bicyclic) bond motifs is 12. The lowest BCUT2D eigenvalue weighted by molar-refractivity contribution is -0.0465. The maximum Gasteiger partial charge on any atom is 0.410 e. The van der Waals surface area contributed by atoms with E-state index in [1.54, 1.807) is 0 Å². The van der Waals surface area contributed by atoms with Crippen LogP contribution in [0.5, 0.6) is 0 Å². The minimum absolute atomic E-state index is 0.0496. The molecular formula is C69H78N6O6. The van der Waals surface area contributed by atoms with Crippen LogP contribution in [0.1, 0.15) is 107 Å². The van der Waals surface area contributed by atoms with Crippen molar-refractivity contribution < 1.29 is 28.6 Å². The van der Waals surface area contributed by atoms with Crippen LogP contribution in [0.4, 0.5) is 14.4 Å². The fourth-order valence-corrected chi connectivity index (χ4v) is 15.0. The monoisotopic (exact) mass is 1090 g/mol. The van der Waals surface area contributed by atoms with E-state index in [0.29, 0.717) is 37.4 Å². The lowest BCUT2D eigenvalue weighted by Gasteiger charge is -2.45. The van der Waals surface area contributed by atoms with Crippen LogP contribution in [0.15, 0.2) is 164 Å². The summed E-state index contributed by atoms with van der Waals surface area (Å²) < 4.78 is 18.2. The van der Waals surface area contributed by atoms with Crippen molar-refractivity contribution >= 4 is 18.3 Å². The highest BCUT2D eigenvalue weighted by atomic mass is 16.6. The molecule has 0 spiro atoms. The number of amides is 3. The van der Waals surface area contributed by atoms with Gasteiger partial charge in [0.05, 0.1) is 18.1 Å². The third kappa shape index (κ3) is 11.5. The van der Waals surface area contributed by atoms with E-state index in [2.05, 4.69) is 124 Å². The Hall–Kier alpha value is -6.99. The van der Waals surface area contributed by atoms with Crippen LogP contribution in [-0.2, 0) is 33.5 Å². The molecular weight excluding hydrogens is 1010 g/mol. The molecule has 12 aliphatic heterocycles. The SMILES string of the molecule is O=C(OC1CN2CCC1CC2)N1CCc2ccccc2[C@@H]1c1ccccc1.O=C(OC1CN2CCC1CC2)N1CCc2ccccc2[C@H]1c1ccccc1.O=C(O[C@H]1CN2CCC1CC2)N1CCc2ccccc2[C@H]1c1ccccc1. The van der Waals surface area contributed by atoms with E-state index in [0.717, 1.165) is 133 Å². The molecule has 3 amide bonds. The zero-order valence-electron chi connectivity index (χ0n) is 46.8. The van der Waals surface area contributed by atoms with Crippen molar-refractivity contribution in [2.24, 2.45) is 17.8 Å². The number of nitrogens with zero attached hydrogens (tertiary/aromatic N) is 6. The van der Waals surface area contributed by atoms with Crippen molar-refractivity contribution in [3.8, 4) is 0 Å². The second-order valence-corrected chi connectivity index (χ2v) is 24.0. The largest absolute Gasteiger partial charge is 0.444 e. The lowest BCUT2D eigenvalue weighted by Crippen LogP contribution is -2.53. The molecule has 0 radical (unpaired) electrons. The van der Waals surface area contributed by atoms with Gasteiger partial charge in [-0.05, 0) is 165 Å². The summed E-state index contributed by atoms with van der Waals surface area (Å²) in [6, 6.07) is 56.3. The highest BCUT2D eigenvalue weighted by Crippen LogP contribution is 2.41. The summed E-state index contributed by atoms with van der Waals surface area (Å²) in [5.74, 6) is 1.60. The molecule has 6 aromatic rings. The molecule has 12 aliphatic rings. The van der Waals surface area contributed by atoms with Crippen LogP contribution in [-0.4, -0.2) is 145 Å². The van der Waals surface area contributed by atoms with Crippen molar-refractivity contribution in [3.05, 3.63) is 214 Å². The first kappa shape index (κ1) is 53.3. The molecule has 18 rings (SSSR count). The molecule has 6 bridgehead atoms. The fraction of sp³-hybridized carbons (Fsp3) is 0.435. The standard InChI is InChI=1S/3C23H26N2O2/c3*26-23(27-21-16-24-13-10-18(21)11-14-24)25-15-12-17-6-4-5-9-20(17)22(25)19-7-2-1-3-8-19/h3*1-9,18,21-22H,10-16H2/t2*21?,22-;21-,22+/m100/s1. The van der Waals surface area contributed by atoms with Gasteiger partial charge in [0.2, 0.25) is 0 Å². The molecule has 0 saturated carbocycles. The predicted octanol–water partition coefficient (Wildman–Crippen LogP) is 11.6. The molecule has 0 aliphatic carbocycles. The number of hydrogen-bond donors (Lipinski definition) is 0. The molecule has 12 heteroatoms. The Kier molecular flexibility index (Phi) is 15.9. The minimum Gasteiger partial charge on any atom is -0.444 e. The van der Waals surface area contributed by atoms with Gasteiger partial charge in [-0.1, -0.05) is 164 Å². The van der Waals surface area contributed by atoms with Crippen molar-refractivity contribution in [2.45, 2.75) is 94.2 Å². The number of piperidine rings is 9. The van der Waals surface area contributed by atoms with E-state index in [-0.39, 0.29) is 54.7 Å². The van der Waals surface area contributed by atoms with Crippen LogP contribution in [0.2, 0.25) is 0 Å². The first-order valence-corrected chi connectivity index (χ1v) is 30.4. The smallest absolute Gasteiger partial charge is 0.410 e. The van der Waals surface area contributed by atoms with Crippen molar-refractivity contribution in [2.75, 3.05) is 78.5 Å². The van der Waals surface area contributed by atoms with Gasteiger partial charge in [0.15, 0.2) is 0 Å². The summed E-state index contributed by atoms with van der Waals surface area (Å²) in [6.45, 7) is 11.7. The topological polar surface area (TPSA) is 98.3 Å². The highest BCUT2D eigenvalue weighted by molar-refractivity contribution is 5.72. The van der Waals surface area contributed by atoms with Crippen LogP contribution < -0.4 is 0 Å². The summed E-state index contributed by atoms with van der Waals surface area (Å²) in [5.41, 5.74) is 11.1. The molecule has 0 N–H and O–H groups in total. The second kappa shape index (κ2) is 24.2. The van der Waals surface area contributed by atoms with Gasteiger partial charge in [0, 0.05) is 39.3 Å². The van der Waals surface area contributed by atoms with Gasteiger partial charge in [-0.2, -0.15) is 0 Å². The summed E-state index contributed by atoms with van der Waals surface area (Å²) in [7, 11) is 0. The van der Waals surface area contributed by atoms with Gasteiger partial charge in [-0.25, -0.2) is 14.4 Å². The summed E-state index contributed by atoms with van der Waals surface area (Å²) in [5, 5.41) is 0. The number of hydrogen-bond acceptors (Lipinski definition) is 9. The average molecular weight is 1090 g/mol. The Morgan fingerprint density at radius 3 is 0.802 bits per heavy atom. The van der Waals surface area contributed by atoms with Crippen LogP contribution in [0.3, 0.4) is 0 Å². The van der Waals surface area contributed by atoms with E-state index in [1.165, 1.54) is 33.4 Å². The first-order chi connectivity index (χ1) is 39.9. The minimum atomic E-state index is -0.155. The Bertz CT molecular complexity index is 2770. The molecule has 0 aromatic heterocycles. The number of carbonyl (C=O) groups is 3. The normalized spacial score (nSPS) is 29.3. The lowest BCUT2D eigenvalue weighted by atomic mass is 9.86. The van der Waals surface area contributed by atoms with Crippen molar-refractivity contribution in [3.63, 3.8) is 0 Å². The van der Waals surface area contributed by atoms with E-state index in [1.807, 2.05) is 69.3 Å². The Morgan fingerprint density at radius 2 is 0.556 bits per heavy atom. The van der Waals surface area contributed by atoms with Crippen LogP contribution in [0, 0.1) is 17.8 Å². The third-order valence-electron chi connectivity index (χ3n) is 19.4. The summed E-state index contributed by atoms with van der Waals surface area (Å²) in [4.78, 5) is 52.8. The number of carbonyl (C=O) groups excluding carboxylic acids is 3. The fourth-order valence-electron chi connectivity index (χ4n) is 15.0. The van der Waals surface area contributed by atoms with E-state index < -0.39 is 0 Å². The molecule has 2 unspecified atom stereocenters. The van der Waals surface area contributed by atoms with Gasteiger partial charge < -0.3 is 14.2 Å². The quantitative estimate of drug-likeness (QED) is 0.151. The average Bonchev–Trinajstić information content (AvgIpc) is 3.61. The van der Waals surface area contributed by atoms with Crippen LogP contribution in [0.25, 0.3) is 0 Å². The number of ether oxygens (including phenoxy) is 3. The molecule has 420 valence electrons. The molecule has 9 saturated heterocycles. The Labute approximate surface area is 478 Å².